The summed E-state index contributed by atoms with van der Waals surface area (Å²) in [6, 6.07) is 16.7. The number of nitrogens with zero attached hydrogens (tertiary/aromatic N) is 2. The molecule has 2 aromatic carbocycles. The van der Waals surface area contributed by atoms with E-state index in [9.17, 15) is 14.3 Å². The summed E-state index contributed by atoms with van der Waals surface area (Å²) < 4.78 is 15.0. The van der Waals surface area contributed by atoms with Crippen molar-refractivity contribution in [3.05, 3.63) is 89.0 Å². The number of amides is 1. The van der Waals surface area contributed by atoms with E-state index in [1.165, 1.54) is 12.1 Å². The second-order valence-corrected chi connectivity index (χ2v) is 7.32. The summed E-state index contributed by atoms with van der Waals surface area (Å²) in [6.45, 7) is 0.328. The minimum absolute atomic E-state index is 0.0666. The summed E-state index contributed by atoms with van der Waals surface area (Å²) in [4.78, 5) is 16.5. The third-order valence-electron chi connectivity index (χ3n) is 4.90. The van der Waals surface area contributed by atoms with Crippen LogP contribution in [-0.2, 0) is 17.8 Å². The minimum atomic E-state index is -0.324. The molecular formula is C23H19ClFN3O2. The summed E-state index contributed by atoms with van der Waals surface area (Å²) in [5, 5.41) is 15.4. The zero-order chi connectivity index (χ0) is 21.1. The summed E-state index contributed by atoms with van der Waals surface area (Å²) in [5.74, 6) is 0.0323. The average Bonchev–Trinajstić information content (AvgIpc) is 3.01. The van der Waals surface area contributed by atoms with Crippen molar-refractivity contribution in [2.45, 2.75) is 19.4 Å². The maximum absolute atomic E-state index is 13.3. The number of hydrogen-bond donors (Lipinski definition) is 2. The van der Waals surface area contributed by atoms with Crippen LogP contribution in [0.3, 0.4) is 0 Å². The Bertz CT molecular complexity index is 1190. The van der Waals surface area contributed by atoms with Gasteiger partial charge in [0.2, 0.25) is 5.91 Å². The Morgan fingerprint density at radius 1 is 1.10 bits per heavy atom. The third-order valence-corrected chi connectivity index (χ3v) is 5.21. The van der Waals surface area contributed by atoms with Crippen molar-refractivity contribution < 1.29 is 14.3 Å². The minimum Gasteiger partial charge on any atom is -0.494 e. The van der Waals surface area contributed by atoms with Crippen molar-refractivity contribution in [3.63, 3.8) is 0 Å². The first-order valence-corrected chi connectivity index (χ1v) is 9.84. The fourth-order valence-electron chi connectivity index (χ4n) is 3.49. The van der Waals surface area contributed by atoms with Gasteiger partial charge in [-0.15, -0.1) is 0 Å². The molecule has 4 aromatic rings. The van der Waals surface area contributed by atoms with Crippen molar-refractivity contribution in [1.29, 1.82) is 0 Å². The lowest BCUT2D eigenvalue weighted by Gasteiger charge is -2.12. The van der Waals surface area contributed by atoms with Crippen LogP contribution in [0, 0.1) is 5.82 Å². The summed E-state index contributed by atoms with van der Waals surface area (Å²) in [5.41, 5.74) is 1.57. The first-order chi connectivity index (χ1) is 14.5. The molecule has 7 heteroatoms. The normalized spacial score (nSPS) is 11.0. The van der Waals surface area contributed by atoms with Crippen molar-refractivity contribution in [1.82, 2.24) is 9.55 Å². The number of nitrogens with one attached hydrogen (secondary N) is 1. The highest BCUT2D eigenvalue weighted by Crippen LogP contribution is 2.37. The molecule has 0 aliphatic heterocycles. The molecule has 0 unspecified atom stereocenters. The van der Waals surface area contributed by atoms with Gasteiger partial charge in [-0.05, 0) is 48.4 Å². The predicted octanol–water partition coefficient (Wildman–Crippen LogP) is 5.15. The SMILES string of the molecule is O=C(CCc1c2c(Cl)cccc2c(O)n1Cc1ccc(F)cc1)Nc1ccccn1. The van der Waals surface area contributed by atoms with Gasteiger partial charge >= 0.3 is 0 Å². The lowest BCUT2D eigenvalue weighted by molar-refractivity contribution is -0.116. The number of aryl methyl sites for hydroxylation is 1. The Morgan fingerprint density at radius 3 is 2.63 bits per heavy atom. The molecule has 0 saturated heterocycles. The Balaban J connectivity index is 1.64. The molecular weight excluding hydrogens is 405 g/mol. The second-order valence-electron chi connectivity index (χ2n) is 6.91. The van der Waals surface area contributed by atoms with Crippen molar-refractivity contribution in [2.24, 2.45) is 0 Å². The van der Waals surface area contributed by atoms with Gasteiger partial charge < -0.3 is 15.0 Å². The van der Waals surface area contributed by atoms with Gasteiger partial charge in [0.1, 0.15) is 11.6 Å². The molecule has 2 aromatic heterocycles. The number of fused-ring (bicyclic) bond motifs is 1. The lowest BCUT2D eigenvalue weighted by Crippen LogP contribution is -2.14. The molecule has 5 nitrogen and oxygen atoms in total. The van der Waals surface area contributed by atoms with Crippen molar-refractivity contribution >= 4 is 34.1 Å². The van der Waals surface area contributed by atoms with Gasteiger partial charge in [-0.1, -0.05) is 35.9 Å². The molecule has 4 rings (SSSR count). The monoisotopic (exact) mass is 423 g/mol. The van der Waals surface area contributed by atoms with Gasteiger partial charge in [-0.3, -0.25) is 4.79 Å². The summed E-state index contributed by atoms with van der Waals surface area (Å²) >= 11 is 6.43. The number of rotatable bonds is 6. The molecule has 0 aliphatic rings. The number of halogens is 2. The van der Waals surface area contributed by atoms with E-state index in [2.05, 4.69) is 10.3 Å². The average molecular weight is 424 g/mol. The number of aromatic hydroxyl groups is 1. The summed E-state index contributed by atoms with van der Waals surface area (Å²) in [7, 11) is 0. The van der Waals surface area contributed by atoms with Gasteiger partial charge in [0.15, 0.2) is 5.88 Å². The van der Waals surface area contributed by atoms with Gasteiger partial charge in [0.05, 0.1) is 11.6 Å². The fraction of sp³-hybridized carbons (Fsp3) is 0.130. The number of hydrogen-bond acceptors (Lipinski definition) is 3. The Kier molecular flexibility index (Phi) is 5.68. The van der Waals surface area contributed by atoms with Gasteiger partial charge in [-0.25, -0.2) is 9.37 Å². The number of aromatic nitrogens is 2. The molecule has 0 saturated carbocycles. The molecule has 0 aliphatic carbocycles. The summed E-state index contributed by atoms with van der Waals surface area (Å²) in [6.07, 6.45) is 2.15. The molecule has 2 N–H and O–H groups in total. The Morgan fingerprint density at radius 2 is 1.90 bits per heavy atom. The molecule has 1 amide bonds. The van der Waals surface area contributed by atoms with E-state index in [4.69, 9.17) is 11.6 Å². The molecule has 0 fully saturated rings. The maximum Gasteiger partial charge on any atom is 0.225 e. The number of benzene rings is 2. The predicted molar refractivity (Wildman–Crippen MR) is 115 cm³/mol. The topological polar surface area (TPSA) is 67.2 Å². The van der Waals surface area contributed by atoms with Crippen LogP contribution in [0.2, 0.25) is 5.02 Å². The molecule has 0 bridgehead atoms. The third kappa shape index (κ3) is 4.14. The standard InChI is InChI=1S/C23H19ClFN3O2/c24-18-5-3-4-17-22(18)19(11-12-21(29)27-20-6-1-2-13-26-20)28(23(17)30)14-15-7-9-16(25)10-8-15/h1-10,13,30H,11-12,14H2,(H,26,27,29). The van der Waals surface area contributed by atoms with Gasteiger partial charge in [-0.2, -0.15) is 0 Å². The molecule has 0 radical (unpaired) electrons. The highest BCUT2D eigenvalue weighted by Gasteiger charge is 2.19. The first-order valence-electron chi connectivity index (χ1n) is 9.47. The number of pyridine rings is 1. The smallest absolute Gasteiger partial charge is 0.225 e. The van der Waals surface area contributed by atoms with E-state index in [0.717, 1.165) is 11.3 Å². The second kappa shape index (κ2) is 8.55. The number of carbonyl (C=O) groups is 1. The van der Waals surface area contributed by atoms with Crippen molar-refractivity contribution in [2.75, 3.05) is 5.32 Å². The largest absolute Gasteiger partial charge is 0.494 e. The van der Waals surface area contributed by atoms with E-state index < -0.39 is 0 Å². The Hall–Kier alpha value is -3.38. The van der Waals surface area contributed by atoms with E-state index >= 15 is 0 Å². The molecule has 0 atom stereocenters. The number of carbonyl (C=O) groups excluding carboxylic acids is 1. The highest BCUT2D eigenvalue weighted by molar-refractivity contribution is 6.36. The Labute approximate surface area is 177 Å². The van der Waals surface area contributed by atoms with Crippen LogP contribution in [0.1, 0.15) is 17.7 Å². The highest BCUT2D eigenvalue weighted by atomic mass is 35.5. The molecule has 30 heavy (non-hydrogen) atoms. The van der Waals surface area contributed by atoms with E-state index in [1.807, 2.05) is 0 Å². The first kappa shape index (κ1) is 19.9. The van der Waals surface area contributed by atoms with Crippen LogP contribution >= 0.6 is 11.6 Å². The fourth-order valence-corrected chi connectivity index (χ4v) is 3.77. The van der Waals surface area contributed by atoms with Crippen LogP contribution < -0.4 is 5.32 Å². The maximum atomic E-state index is 13.3. The van der Waals surface area contributed by atoms with Gasteiger partial charge in [0, 0.05) is 29.1 Å². The van der Waals surface area contributed by atoms with E-state index in [-0.39, 0.29) is 24.0 Å². The van der Waals surface area contributed by atoms with Crippen molar-refractivity contribution in [3.8, 4) is 5.88 Å². The quantitative estimate of drug-likeness (QED) is 0.450. The van der Waals surface area contributed by atoms with Crippen LogP contribution in [0.4, 0.5) is 10.2 Å². The molecule has 0 spiro atoms. The lowest BCUT2D eigenvalue weighted by atomic mass is 10.1. The van der Waals surface area contributed by atoms with Crippen LogP contribution in [0.15, 0.2) is 66.9 Å². The van der Waals surface area contributed by atoms with Crippen LogP contribution in [0.5, 0.6) is 5.88 Å². The van der Waals surface area contributed by atoms with Crippen LogP contribution in [-0.4, -0.2) is 20.6 Å². The molecule has 2 heterocycles. The zero-order valence-electron chi connectivity index (χ0n) is 16.0. The molecule has 152 valence electrons. The number of anilines is 1. The van der Waals surface area contributed by atoms with Gasteiger partial charge in [0.25, 0.3) is 0 Å². The van der Waals surface area contributed by atoms with E-state index in [1.54, 1.807) is 59.3 Å². The zero-order valence-corrected chi connectivity index (χ0v) is 16.7. The van der Waals surface area contributed by atoms with Crippen LogP contribution in [0.25, 0.3) is 10.8 Å². The van der Waals surface area contributed by atoms with E-state index in [0.29, 0.717) is 34.6 Å².